The zero-order valence-electron chi connectivity index (χ0n) is 13.9. The second kappa shape index (κ2) is 6.57. The van der Waals surface area contributed by atoms with Crippen molar-refractivity contribution < 1.29 is 26.9 Å². The van der Waals surface area contributed by atoms with Gasteiger partial charge in [-0.1, -0.05) is 17.3 Å². The molecule has 6 nitrogen and oxygen atoms in total. The number of hydrogen-bond donors (Lipinski definition) is 0. The van der Waals surface area contributed by atoms with E-state index in [-0.39, 0.29) is 24.1 Å². The molecule has 1 aliphatic heterocycles. The molecule has 1 aliphatic rings. The molecule has 0 radical (unpaired) electrons. The molecule has 0 spiro atoms. The summed E-state index contributed by atoms with van der Waals surface area (Å²) in [7, 11) is 0. The molecule has 3 heterocycles. The first kappa shape index (κ1) is 17.3. The molecule has 0 saturated carbocycles. The van der Waals surface area contributed by atoms with Gasteiger partial charge in [0.25, 0.3) is 0 Å². The van der Waals surface area contributed by atoms with Crippen LogP contribution in [0.2, 0.25) is 0 Å². The van der Waals surface area contributed by atoms with Crippen molar-refractivity contribution in [3.05, 3.63) is 59.9 Å². The van der Waals surface area contributed by atoms with E-state index in [0.717, 1.165) is 12.1 Å². The molecule has 0 N–H and O–H groups in total. The third kappa shape index (κ3) is 3.57. The van der Waals surface area contributed by atoms with E-state index in [9.17, 15) is 18.0 Å². The van der Waals surface area contributed by atoms with Gasteiger partial charge in [-0.25, -0.2) is 0 Å². The van der Waals surface area contributed by atoms with Crippen LogP contribution >= 0.6 is 0 Å². The van der Waals surface area contributed by atoms with Crippen molar-refractivity contribution in [3.8, 4) is 11.4 Å². The topological polar surface area (TPSA) is 72.4 Å². The monoisotopic (exact) mass is 377 g/mol. The average Bonchev–Trinajstić information content (AvgIpc) is 3.37. The molecule has 1 fully saturated rings. The minimum atomic E-state index is -4.40. The van der Waals surface area contributed by atoms with Crippen molar-refractivity contribution >= 4 is 5.91 Å². The fraction of sp³-hybridized carbons (Fsp3) is 0.278. The Balaban J connectivity index is 1.47. The average molecular weight is 377 g/mol. The van der Waals surface area contributed by atoms with Gasteiger partial charge in [0.15, 0.2) is 0 Å². The molecule has 9 heteroatoms. The Bertz CT molecular complexity index is 933. The van der Waals surface area contributed by atoms with Gasteiger partial charge in [-0.2, -0.15) is 18.2 Å². The molecule has 0 aliphatic carbocycles. The predicted octanol–water partition coefficient (Wildman–Crippen LogP) is 3.86. The molecule has 0 bridgehead atoms. The van der Waals surface area contributed by atoms with Crippen LogP contribution in [0.15, 0.2) is 51.6 Å². The Hall–Kier alpha value is -3.10. The molecule has 1 saturated heterocycles. The molecule has 27 heavy (non-hydrogen) atoms. The molecular weight excluding hydrogens is 363 g/mol. The van der Waals surface area contributed by atoms with E-state index in [2.05, 4.69) is 10.1 Å². The van der Waals surface area contributed by atoms with Gasteiger partial charge in [0.05, 0.1) is 24.3 Å². The lowest BCUT2D eigenvalue weighted by Gasteiger charge is -2.13. The number of aromatic nitrogens is 2. The minimum absolute atomic E-state index is 0.0503. The normalized spacial score (nSPS) is 17.7. The Kier molecular flexibility index (Phi) is 4.21. The van der Waals surface area contributed by atoms with Crippen LogP contribution in [0.3, 0.4) is 0 Å². The van der Waals surface area contributed by atoms with Crippen LogP contribution in [0.5, 0.6) is 0 Å². The number of hydrogen-bond acceptors (Lipinski definition) is 5. The van der Waals surface area contributed by atoms with Crippen LogP contribution in [0.1, 0.15) is 29.6 Å². The Labute approximate surface area is 151 Å². The quantitative estimate of drug-likeness (QED) is 0.690. The second-order valence-corrected chi connectivity index (χ2v) is 6.29. The van der Waals surface area contributed by atoms with E-state index >= 15 is 0 Å². The maximum atomic E-state index is 12.6. The number of amides is 1. The molecular formula is C18H14F3N3O3. The molecule has 3 aromatic rings. The third-order valence-corrected chi connectivity index (χ3v) is 4.40. The molecule has 2 aromatic heterocycles. The first-order valence-corrected chi connectivity index (χ1v) is 8.21. The van der Waals surface area contributed by atoms with Gasteiger partial charge in [0.2, 0.25) is 17.6 Å². The van der Waals surface area contributed by atoms with Gasteiger partial charge in [0, 0.05) is 18.5 Å². The lowest BCUT2D eigenvalue weighted by molar-refractivity contribution is -0.137. The van der Waals surface area contributed by atoms with Gasteiger partial charge in [-0.15, -0.1) is 0 Å². The summed E-state index contributed by atoms with van der Waals surface area (Å²) in [5.41, 5.74) is -0.334. The van der Waals surface area contributed by atoms with Crippen LogP contribution in [0, 0.1) is 0 Å². The van der Waals surface area contributed by atoms with Crippen LogP contribution in [0.25, 0.3) is 11.4 Å². The predicted molar refractivity (Wildman–Crippen MR) is 86.2 cm³/mol. The van der Waals surface area contributed by atoms with Crippen molar-refractivity contribution in [2.45, 2.75) is 25.1 Å². The number of nitrogens with zero attached hydrogens (tertiary/aromatic N) is 3. The van der Waals surface area contributed by atoms with E-state index in [4.69, 9.17) is 8.94 Å². The zero-order valence-corrected chi connectivity index (χ0v) is 13.9. The Morgan fingerprint density at radius 3 is 2.63 bits per heavy atom. The minimum Gasteiger partial charge on any atom is -0.467 e. The van der Waals surface area contributed by atoms with Crippen molar-refractivity contribution in [1.29, 1.82) is 0 Å². The summed E-state index contributed by atoms with van der Waals surface area (Å²) in [6.45, 7) is 0.774. The number of rotatable bonds is 4. The number of likely N-dealkylation sites (tertiary alicyclic amines) is 1. The lowest BCUT2D eigenvalue weighted by atomic mass is 10.1. The van der Waals surface area contributed by atoms with Gasteiger partial charge in [-0.05, 0) is 24.3 Å². The summed E-state index contributed by atoms with van der Waals surface area (Å²) in [5, 5.41) is 3.83. The highest BCUT2D eigenvalue weighted by Crippen LogP contribution is 2.32. The summed E-state index contributed by atoms with van der Waals surface area (Å²) < 4.78 is 48.4. The molecule has 1 unspecified atom stereocenters. The van der Waals surface area contributed by atoms with Gasteiger partial charge < -0.3 is 13.8 Å². The highest BCUT2D eigenvalue weighted by atomic mass is 19.4. The Morgan fingerprint density at radius 2 is 1.96 bits per heavy atom. The van der Waals surface area contributed by atoms with Crippen molar-refractivity contribution in [2.75, 3.05) is 6.54 Å². The first-order chi connectivity index (χ1) is 12.9. The van der Waals surface area contributed by atoms with Crippen molar-refractivity contribution in [3.63, 3.8) is 0 Å². The van der Waals surface area contributed by atoms with Crippen LogP contribution in [-0.4, -0.2) is 27.5 Å². The third-order valence-electron chi connectivity index (χ3n) is 4.40. The molecule has 1 amide bonds. The number of carbonyl (C=O) groups is 1. The van der Waals surface area contributed by atoms with E-state index in [1.165, 1.54) is 12.1 Å². The van der Waals surface area contributed by atoms with E-state index < -0.39 is 11.7 Å². The van der Waals surface area contributed by atoms with Crippen LogP contribution < -0.4 is 0 Å². The number of furan rings is 1. The highest BCUT2D eigenvalue weighted by molar-refractivity contribution is 5.79. The molecule has 4 rings (SSSR count). The second-order valence-electron chi connectivity index (χ2n) is 6.29. The van der Waals surface area contributed by atoms with Crippen LogP contribution in [0.4, 0.5) is 13.2 Å². The number of alkyl halides is 3. The summed E-state index contributed by atoms with van der Waals surface area (Å²) in [5.74, 6) is 0.852. The van der Waals surface area contributed by atoms with E-state index in [1.54, 1.807) is 23.3 Å². The fourth-order valence-corrected chi connectivity index (χ4v) is 3.01. The van der Waals surface area contributed by atoms with Crippen LogP contribution in [-0.2, 0) is 17.5 Å². The highest BCUT2D eigenvalue weighted by Gasteiger charge is 2.35. The van der Waals surface area contributed by atoms with Gasteiger partial charge in [-0.3, -0.25) is 4.79 Å². The van der Waals surface area contributed by atoms with Gasteiger partial charge in [0.1, 0.15) is 5.76 Å². The summed E-state index contributed by atoms with van der Waals surface area (Å²) in [6, 6.07) is 8.06. The van der Waals surface area contributed by atoms with E-state index in [1.807, 2.05) is 0 Å². The SMILES string of the molecule is O=C1CC(c2nc(-c3ccc(C(F)(F)F)cc3)no2)CN1Cc1ccco1. The standard InChI is InChI=1S/C18H14F3N3O3/c19-18(20,21)13-5-3-11(4-6-13)16-22-17(27-23-16)12-8-15(25)24(9-12)10-14-2-1-7-26-14/h1-7,12H,8-10H2. The Morgan fingerprint density at radius 1 is 1.19 bits per heavy atom. The van der Waals surface area contributed by atoms with E-state index in [0.29, 0.717) is 30.3 Å². The van der Waals surface area contributed by atoms with Gasteiger partial charge >= 0.3 is 6.18 Å². The maximum Gasteiger partial charge on any atom is 0.416 e. The number of benzene rings is 1. The lowest BCUT2D eigenvalue weighted by Crippen LogP contribution is -2.24. The molecule has 1 aromatic carbocycles. The first-order valence-electron chi connectivity index (χ1n) is 8.21. The van der Waals surface area contributed by atoms with Crippen molar-refractivity contribution in [1.82, 2.24) is 15.0 Å². The zero-order chi connectivity index (χ0) is 19.0. The van der Waals surface area contributed by atoms with Crippen molar-refractivity contribution in [2.24, 2.45) is 0 Å². The summed E-state index contributed by atoms with van der Waals surface area (Å²) in [4.78, 5) is 18.1. The summed E-state index contributed by atoms with van der Waals surface area (Å²) in [6.07, 6.45) is -2.63. The summed E-state index contributed by atoms with van der Waals surface area (Å²) >= 11 is 0. The smallest absolute Gasteiger partial charge is 0.416 e. The molecule has 1 atom stereocenters. The number of halogens is 3. The molecule has 140 valence electrons. The fourth-order valence-electron chi connectivity index (χ4n) is 3.01. The number of carbonyl (C=O) groups excluding carboxylic acids is 1. The maximum absolute atomic E-state index is 12.6. The largest absolute Gasteiger partial charge is 0.467 e.